The molecular formula is C10H14N2O2S. The predicted octanol–water partition coefficient (Wildman–Crippen LogP) is 1.34. The first-order chi connectivity index (χ1) is 7.06. The first-order valence-corrected chi connectivity index (χ1v) is 5.08. The van der Waals surface area contributed by atoms with Crippen LogP contribution in [-0.4, -0.2) is 28.9 Å². The van der Waals surface area contributed by atoms with Gasteiger partial charge in [0.05, 0.1) is 17.8 Å². The van der Waals surface area contributed by atoms with Gasteiger partial charge in [-0.15, -0.1) is 0 Å². The third kappa shape index (κ3) is 2.79. The van der Waals surface area contributed by atoms with Crippen LogP contribution in [0.25, 0.3) is 0 Å². The Morgan fingerprint density at radius 2 is 2.33 bits per heavy atom. The average molecular weight is 226 g/mol. The third-order valence-electron chi connectivity index (χ3n) is 2.07. The van der Waals surface area contributed by atoms with E-state index in [0.717, 1.165) is 5.56 Å². The largest absolute Gasteiger partial charge is 0.459 e. The van der Waals surface area contributed by atoms with Crippen molar-refractivity contribution in [3.05, 3.63) is 23.7 Å². The highest BCUT2D eigenvalue weighted by Gasteiger charge is 2.19. The van der Waals surface area contributed by atoms with Crippen LogP contribution in [0.4, 0.5) is 0 Å². The SMILES string of the molecule is CCN(CC(N)=S)C(=O)c1occc1C. The molecule has 1 aromatic rings. The summed E-state index contributed by atoms with van der Waals surface area (Å²) in [7, 11) is 0. The van der Waals surface area contributed by atoms with Gasteiger partial charge in [0.15, 0.2) is 5.76 Å². The predicted molar refractivity (Wildman–Crippen MR) is 61.8 cm³/mol. The Morgan fingerprint density at radius 1 is 1.67 bits per heavy atom. The van der Waals surface area contributed by atoms with Crippen LogP contribution in [0.2, 0.25) is 0 Å². The van der Waals surface area contributed by atoms with Gasteiger partial charge in [0.1, 0.15) is 0 Å². The highest BCUT2D eigenvalue weighted by molar-refractivity contribution is 7.80. The molecule has 0 unspecified atom stereocenters. The summed E-state index contributed by atoms with van der Waals surface area (Å²) in [5.74, 6) is 0.181. The molecule has 1 amide bonds. The molecule has 1 aromatic heterocycles. The van der Waals surface area contributed by atoms with E-state index in [-0.39, 0.29) is 12.5 Å². The molecule has 1 rings (SSSR count). The third-order valence-corrected chi connectivity index (χ3v) is 2.20. The molecule has 4 nitrogen and oxygen atoms in total. The van der Waals surface area contributed by atoms with Crippen molar-refractivity contribution in [2.45, 2.75) is 13.8 Å². The topological polar surface area (TPSA) is 59.5 Å². The number of likely N-dealkylation sites (N-methyl/N-ethyl adjacent to an activating group) is 1. The number of hydrogen-bond donors (Lipinski definition) is 1. The summed E-state index contributed by atoms with van der Waals surface area (Å²) in [6.45, 7) is 4.53. The summed E-state index contributed by atoms with van der Waals surface area (Å²) in [6.07, 6.45) is 1.50. The van der Waals surface area contributed by atoms with E-state index in [2.05, 4.69) is 0 Å². The minimum absolute atomic E-state index is 0.173. The fraction of sp³-hybridized carbons (Fsp3) is 0.400. The van der Waals surface area contributed by atoms with Crippen LogP contribution >= 0.6 is 12.2 Å². The van der Waals surface area contributed by atoms with E-state index in [4.69, 9.17) is 22.4 Å². The number of rotatable bonds is 4. The van der Waals surface area contributed by atoms with E-state index in [9.17, 15) is 4.79 Å². The standard InChI is InChI=1S/C10H14N2O2S/c1-3-12(6-8(11)15)10(13)9-7(2)4-5-14-9/h4-5H,3,6H2,1-2H3,(H2,11,15). The molecule has 15 heavy (non-hydrogen) atoms. The molecule has 0 aliphatic rings. The molecule has 0 aliphatic carbocycles. The van der Waals surface area contributed by atoms with E-state index in [1.165, 1.54) is 6.26 Å². The molecule has 82 valence electrons. The lowest BCUT2D eigenvalue weighted by Crippen LogP contribution is -2.37. The maximum atomic E-state index is 11.9. The average Bonchev–Trinajstić information content (AvgIpc) is 2.59. The van der Waals surface area contributed by atoms with Gasteiger partial charge in [-0.1, -0.05) is 12.2 Å². The summed E-state index contributed by atoms with van der Waals surface area (Å²) in [6, 6.07) is 1.75. The van der Waals surface area contributed by atoms with Gasteiger partial charge in [0, 0.05) is 12.1 Å². The zero-order chi connectivity index (χ0) is 11.4. The summed E-state index contributed by atoms with van der Waals surface area (Å²) >= 11 is 4.77. The number of aryl methyl sites for hydroxylation is 1. The first-order valence-electron chi connectivity index (χ1n) is 4.68. The lowest BCUT2D eigenvalue weighted by atomic mass is 10.2. The van der Waals surface area contributed by atoms with Crippen LogP contribution in [-0.2, 0) is 0 Å². The Balaban J connectivity index is 2.82. The zero-order valence-corrected chi connectivity index (χ0v) is 9.63. The summed E-state index contributed by atoms with van der Waals surface area (Å²) in [5.41, 5.74) is 6.23. The Morgan fingerprint density at radius 3 is 2.73 bits per heavy atom. The van der Waals surface area contributed by atoms with Gasteiger partial charge in [-0.25, -0.2) is 0 Å². The second-order valence-electron chi connectivity index (χ2n) is 3.22. The second-order valence-corrected chi connectivity index (χ2v) is 3.74. The van der Waals surface area contributed by atoms with Crippen molar-refractivity contribution < 1.29 is 9.21 Å². The zero-order valence-electron chi connectivity index (χ0n) is 8.82. The Bertz CT molecular complexity index is 373. The van der Waals surface area contributed by atoms with Gasteiger partial charge in [0.25, 0.3) is 5.91 Å². The number of amides is 1. The molecular weight excluding hydrogens is 212 g/mol. The number of thiocarbonyl (C=S) groups is 1. The Hall–Kier alpha value is -1.36. The molecule has 0 radical (unpaired) electrons. The number of nitrogens with zero attached hydrogens (tertiary/aromatic N) is 1. The van der Waals surface area contributed by atoms with Crippen molar-refractivity contribution in [2.24, 2.45) is 5.73 Å². The molecule has 0 aliphatic heterocycles. The quantitative estimate of drug-likeness (QED) is 0.787. The number of carbonyl (C=O) groups excluding carboxylic acids is 1. The summed E-state index contributed by atoms with van der Waals surface area (Å²) < 4.78 is 5.12. The summed E-state index contributed by atoms with van der Waals surface area (Å²) in [5, 5.41) is 0. The first kappa shape index (κ1) is 11.7. The Kier molecular flexibility index (Phi) is 3.85. The normalized spacial score (nSPS) is 10.0. The van der Waals surface area contributed by atoms with Gasteiger partial charge in [-0.3, -0.25) is 4.79 Å². The van der Waals surface area contributed by atoms with Crippen LogP contribution in [0.15, 0.2) is 16.7 Å². The van der Waals surface area contributed by atoms with Crippen molar-refractivity contribution >= 4 is 23.1 Å². The number of carbonyl (C=O) groups is 1. The number of nitrogens with two attached hydrogens (primary N) is 1. The molecule has 0 saturated heterocycles. The van der Waals surface area contributed by atoms with E-state index in [1.807, 2.05) is 13.8 Å². The van der Waals surface area contributed by atoms with Crippen LogP contribution in [0.1, 0.15) is 23.0 Å². The molecule has 0 saturated carbocycles. The minimum atomic E-state index is -0.173. The fourth-order valence-electron chi connectivity index (χ4n) is 1.25. The molecule has 0 spiro atoms. The molecule has 1 heterocycles. The van der Waals surface area contributed by atoms with E-state index >= 15 is 0 Å². The van der Waals surface area contributed by atoms with Crippen LogP contribution in [0, 0.1) is 6.92 Å². The Labute approximate surface area is 94.0 Å². The van der Waals surface area contributed by atoms with E-state index < -0.39 is 0 Å². The summed E-state index contributed by atoms with van der Waals surface area (Å²) in [4.78, 5) is 13.8. The molecule has 0 fully saturated rings. The van der Waals surface area contributed by atoms with Crippen molar-refractivity contribution in [1.29, 1.82) is 0 Å². The smallest absolute Gasteiger partial charge is 0.290 e. The molecule has 5 heteroatoms. The van der Waals surface area contributed by atoms with Gasteiger partial charge in [-0.2, -0.15) is 0 Å². The van der Waals surface area contributed by atoms with Gasteiger partial charge in [0.2, 0.25) is 0 Å². The highest BCUT2D eigenvalue weighted by Crippen LogP contribution is 2.11. The van der Waals surface area contributed by atoms with E-state index in [1.54, 1.807) is 11.0 Å². The molecule has 0 bridgehead atoms. The van der Waals surface area contributed by atoms with E-state index in [0.29, 0.717) is 17.3 Å². The molecule has 0 atom stereocenters. The van der Waals surface area contributed by atoms with Crippen molar-refractivity contribution in [3.8, 4) is 0 Å². The van der Waals surface area contributed by atoms with Crippen molar-refractivity contribution in [3.63, 3.8) is 0 Å². The van der Waals surface area contributed by atoms with Gasteiger partial charge in [-0.05, 0) is 19.9 Å². The van der Waals surface area contributed by atoms with Gasteiger partial charge >= 0.3 is 0 Å². The van der Waals surface area contributed by atoms with Crippen molar-refractivity contribution in [1.82, 2.24) is 4.90 Å². The molecule has 2 N–H and O–H groups in total. The number of furan rings is 1. The van der Waals surface area contributed by atoms with Crippen molar-refractivity contribution in [2.75, 3.05) is 13.1 Å². The lowest BCUT2D eigenvalue weighted by Gasteiger charge is -2.18. The van der Waals surface area contributed by atoms with Crippen LogP contribution in [0.5, 0.6) is 0 Å². The van der Waals surface area contributed by atoms with Gasteiger partial charge < -0.3 is 15.1 Å². The van der Waals surface area contributed by atoms with Crippen LogP contribution in [0.3, 0.4) is 0 Å². The monoisotopic (exact) mass is 226 g/mol. The lowest BCUT2D eigenvalue weighted by molar-refractivity contribution is 0.0755. The minimum Gasteiger partial charge on any atom is -0.459 e. The molecule has 0 aromatic carbocycles. The van der Waals surface area contributed by atoms with Crippen LogP contribution < -0.4 is 5.73 Å². The highest BCUT2D eigenvalue weighted by atomic mass is 32.1. The fourth-order valence-corrected chi connectivity index (χ4v) is 1.41. The second kappa shape index (κ2) is 4.93. The maximum Gasteiger partial charge on any atom is 0.290 e. The maximum absolute atomic E-state index is 11.9. The number of hydrogen-bond acceptors (Lipinski definition) is 3.